The molecular weight excluding hydrogens is 346 g/mol. The number of halogens is 1. The van der Waals surface area contributed by atoms with Crippen molar-refractivity contribution in [2.45, 2.75) is 38.1 Å². The summed E-state index contributed by atoms with van der Waals surface area (Å²) in [5.41, 5.74) is 5.63. The zero-order valence-corrected chi connectivity index (χ0v) is 15.2. The SMILES string of the molecule is CC(C)c1cccc2c1N[C@H](c1ccccc1Br)[C@H]1CC=C[C@@H]21. The second-order valence-corrected chi connectivity index (χ2v) is 7.82. The van der Waals surface area contributed by atoms with Gasteiger partial charge in [0.2, 0.25) is 0 Å². The van der Waals surface area contributed by atoms with Crippen molar-refractivity contribution in [2.24, 2.45) is 5.92 Å². The van der Waals surface area contributed by atoms with E-state index in [1.165, 1.54) is 26.9 Å². The van der Waals surface area contributed by atoms with Crippen LogP contribution in [0.2, 0.25) is 0 Å². The quantitative estimate of drug-likeness (QED) is 0.605. The number of nitrogens with one attached hydrogen (secondary N) is 1. The number of anilines is 1. The van der Waals surface area contributed by atoms with Crippen molar-refractivity contribution in [3.05, 3.63) is 75.8 Å². The molecule has 2 aliphatic rings. The van der Waals surface area contributed by atoms with Crippen LogP contribution in [0.15, 0.2) is 59.1 Å². The highest BCUT2D eigenvalue weighted by molar-refractivity contribution is 9.10. The standard InChI is InChI=1S/C21H22BrN/c1-13(2)14-8-5-10-16-15-9-6-11-17(15)21(23-20(14)16)18-7-3-4-12-19(18)22/h3-10,12-13,15,17,21,23H,11H2,1-2H3/t15-,17-,21-/m0/s1. The highest BCUT2D eigenvalue weighted by Crippen LogP contribution is 2.52. The van der Waals surface area contributed by atoms with Crippen LogP contribution >= 0.6 is 15.9 Å². The summed E-state index contributed by atoms with van der Waals surface area (Å²) in [5, 5.41) is 3.91. The highest BCUT2D eigenvalue weighted by Gasteiger charge is 2.39. The van der Waals surface area contributed by atoms with Crippen LogP contribution in [-0.2, 0) is 0 Å². The van der Waals surface area contributed by atoms with Gasteiger partial charge < -0.3 is 5.32 Å². The van der Waals surface area contributed by atoms with E-state index < -0.39 is 0 Å². The van der Waals surface area contributed by atoms with Crippen molar-refractivity contribution in [1.82, 2.24) is 0 Å². The van der Waals surface area contributed by atoms with E-state index in [0.717, 1.165) is 6.42 Å². The molecule has 0 aromatic heterocycles. The average Bonchev–Trinajstić information content (AvgIpc) is 3.04. The minimum absolute atomic E-state index is 0.359. The number of hydrogen-bond donors (Lipinski definition) is 1. The Hall–Kier alpha value is -1.54. The molecule has 0 amide bonds. The fraction of sp³-hybridized carbons (Fsp3) is 0.333. The first kappa shape index (κ1) is 15.0. The number of rotatable bonds is 2. The normalized spacial score (nSPS) is 25.1. The molecule has 1 aliphatic heterocycles. The Morgan fingerprint density at radius 2 is 1.83 bits per heavy atom. The predicted molar refractivity (Wildman–Crippen MR) is 101 cm³/mol. The Morgan fingerprint density at radius 1 is 1.04 bits per heavy atom. The number of benzene rings is 2. The molecule has 1 N–H and O–H groups in total. The summed E-state index contributed by atoms with van der Waals surface area (Å²) in [6, 6.07) is 15.8. The van der Waals surface area contributed by atoms with Crippen molar-refractivity contribution in [3.8, 4) is 0 Å². The molecule has 0 spiro atoms. The maximum absolute atomic E-state index is 3.91. The lowest BCUT2D eigenvalue weighted by Gasteiger charge is -2.39. The zero-order chi connectivity index (χ0) is 16.0. The van der Waals surface area contributed by atoms with Crippen LogP contribution in [0.4, 0.5) is 5.69 Å². The number of allylic oxidation sites excluding steroid dienone is 2. The second-order valence-electron chi connectivity index (χ2n) is 6.96. The zero-order valence-electron chi connectivity index (χ0n) is 13.6. The smallest absolute Gasteiger partial charge is 0.0565 e. The molecule has 23 heavy (non-hydrogen) atoms. The van der Waals surface area contributed by atoms with Crippen LogP contribution in [0.5, 0.6) is 0 Å². The first-order chi connectivity index (χ1) is 11.2. The van der Waals surface area contributed by atoms with Gasteiger partial charge in [-0.3, -0.25) is 0 Å². The monoisotopic (exact) mass is 367 g/mol. The van der Waals surface area contributed by atoms with Crippen molar-refractivity contribution in [1.29, 1.82) is 0 Å². The molecule has 118 valence electrons. The van der Waals surface area contributed by atoms with Crippen molar-refractivity contribution >= 4 is 21.6 Å². The lowest BCUT2D eigenvalue weighted by Crippen LogP contribution is -2.30. The van der Waals surface area contributed by atoms with Gasteiger partial charge in [0, 0.05) is 16.1 Å². The van der Waals surface area contributed by atoms with E-state index >= 15 is 0 Å². The van der Waals surface area contributed by atoms with Crippen molar-refractivity contribution in [3.63, 3.8) is 0 Å². The van der Waals surface area contributed by atoms with Crippen LogP contribution in [0.25, 0.3) is 0 Å². The second kappa shape index (κ2) is 5.83. The molecule has 1 heterocycles. The van der Waals surface area contributed by atoms with Gasteiger partial charge in [-0.15, -0.1) is 0 Å². The molecule has 0 bridgehead atoms. The topological polar surface area (TPSA) is 12.0 Å². The Labute approximate surface area is 146 Å². The first-order valence-electron chi connectivity index (χ1n) is 8.47. The summed E-state index contributed by atoms with van der Waals surface area (Å²) >= 11 is 3.76. The molecule has 2 aromatic carbocycles. The van der Waals surface area contributed by atoms with Gasteiger partial charge in [0.25, 0.3) is 0 Å². The first-order valence-corrected chi connectivity index (χ1v) is 9.26. The van der Waals surface area contributed by atoms with Crippen LogP contribution < -0.4 is 5.32 Å². The predicted octanol–water partition coefficient (Wildman–Crippen LogP) is 6.40. The molecule has 1 nitrogen and oxygen atoms in total. The number of para-hydroxylation sites is 1. The fourth-order valence-electron chi connectivity index (χ4n) is 4.16. The maximum Gasteiger partial charge on any atom is 0.0565 e. The Bertz CT molecular complexity index is 762. The molecule has 1 aliphatic carbocycles. The van der Waals surface area contributed by atoms with Gasteiger partial charge in [0.1, 0.15) is 0 Å². The third-order valence-corrected chi connectivity index (χ3v) is 6.01. The van der Waals surface area contributed by atoms with E-state index in [1.807, 2.05) is 0 Å². The molecule has 4 rings (SSSR count). The van der Waals surface area contributed by atoms with E-state index in [1.54, 1.807) is 0 Å². The third kappa shape index (κ3) is 2.44. The van der Waals surface area contributed by atoms with Gasteiger partial charge in [-0.1, -0.05) is 78.3 Å². The van der Waals surface area contributed by atoms with E-state index in [2.05, 4.69) is 89.7 Å². The van der Waals surface area contributed by atoms with Gasteiger partial charge in [0.05, 0.1) is 6.04 Å². The van der Waals surface area contributed by atoms with Crippen LogP contribution in [0.1, 0.15) is 54.8 Å². The van der Waals surface area contributed by atoms with Gasteiger partial charge in [-0.2, -0.15) is 0 Å². The van der Waals surface area contributed by atoms with Crippen molar-refractivity contribution < 1.29 is 0 Å². The average molecular weight is 368 g/mol. The minimum atomic E-state index is 0.359. The summed E-state index contributed by atoms with van der Waals surface area (Å²) in [4.78, 5) is 0. The molecular formula is C21H22BrN. The molecule has 0 unspecified atom stereocenters. The van der Waals surface area contributed by atoms with Gasteiger partial charge >= 0.3 is 0 Å². The lowest BCUT2D eigenvalue weighted by atomic mass is 9.75. The van der Waals surface area contributed by atoms with Gasteiger partial charge in [-0.25, -0.2) is 0 Å². The molecule has 2 heteroatoms. The molecule has 0 saturated heterocycles. The number of hydrogen-bond acceptors (Lipinski definition) is 1. The molecule has 0 radical (unpaired) electrons. The third-order valence-electron chi connectivity index (χ3n) is 5.29. The molecule has 0 saturated carbocycles. The molecule has 3 atom stereocenters. The van der Waals surface area contributed by atoms with Gasteiger partial charge in [0.15, 0.2) is 0 Å². The summed E-state index contributed by atoms with van der Waals surface area (Å²) in [7, 11) is 0. The summed E-state index contributed by atoms with van der Waals surface area (Å²) in [5.74, 6) is 1.66. The van der Waals surface area contributed by atoms with E-state index in [0.29, 0.717) is 23.8 Å². The Morgan fingerprint density at radius 3 is 2.61 bits per heavy atom. The molecule has 0 fully saturated rings. The highest BCUT2D eigenvalue weighted by atomic mass is 79.9. The maximum atomic E-state index is 3.91. The van der Waals surface area contributed by atoms with Crippen LogP contribution in [0.3, 0.4) is 0 Å². The largest absolute Gasteiger partial charge is 0.377 e. The molecule has 2 aromatic rings. The number of fused-ring (bicyclic) bond motifs is 3. The van der Waals surface area contributed by atoms with E-state index in [-0.39, 0.29) is 0 Å². The van der Waals surface area contributed by atoms with Gasteiger partial charge in [-0.05, 0) is 41.0 Å². The minimum Gasteiger partial charge on any atom is -0.377 e. The fourth-order valence-corrected chi connectivity index (χ4v) is 4.69. The van der Waals surface area contributed by atoms with Crippen LogP contribution in [0, 0.1) is 5.92 Å². The lowest BCUT2D eigenvalue weighted by molar-refractivity contribution is 0.423. The van der Waals surface area contributed by atoms with Crippen molar-refractivity contribution in [2.75, 3.05) is 5.32 Å². The van der Waals surface area contributed by atoms with Crippen LogP contribution in [-0.4, -0.2) is 0 Å². The Kier molecular flexibility index (Phi) is 3.81. The Balaban J connectivity index is 1.86. The van der Waals surface area contributed by atoms with E-state index in [9.17, 15) is 0 Å². The summed E-state index contributed by atoms with van der Waals surface area (Å²) in [6.45, 7) is 4.56. The summed E-state index contributed by atoms with van der Waals surface area (Å²) < 4.78 is 1.20. The van der Waals surface area contributed by atoms with E-state index in [4.69, 9.17) is 0 Å². The summed E-state index contributed by atoms with van der Waals surface area (Å²) in [6.07, 6.45) is 5.92.